The van der Waals surface area contributed by atoms with Crippen molar-refractivity contribution in [1.82, 2.24) is 5.32 Å². The van der Waals surface area contributed by atoms with E-state index in [1.54, 1.807) is 6.07 Å². The Morgan fingerprint density at radius 3 is 2.93 bits per heavy atom. The number of benzene rings is 1. The van der Waals surface area contributed by atoms with Crippen LogP contribution in [0.3, 0.4) is 0 Å². The van der Waals surface area contributed by atoms with Crippen LogP contribution in [0.4, 0.5) is 4.39 Å². The quantitative estimate of drug-likeness (QED) is 0.797. The van der Waals surface area contributed by atoms with Crippen LogP contribution < -0.4 is 5.32 Å². The molecule has 1 atom stereocenters. The predicted octanol–water partition coefficient (Wildman–Crippen LogP) is 2.63. The highest BCUT2D eigenvalue weighted by molar-refractivity contribution is 6.30. The van der Waals surface area contributed by atoms with Crippen LogP contribution in [0.5, 0.6) is 0 Å². The van der Waals surface area contributed by atoms with Gasteiger partial charge in [-0.2, -0.15) is 0 Å². The van der Waals surface area contributed by atoms with E-state index in [-0.39, 0.29) is 5.82 Å². The molecule has 0 aromatic heterocycles. The molecule has 1 aliphatic rings. The van der Waals surface area contributed by atoms with E-state index in [0.29, 0.717) is 10.9 Å². The Labute approximate surface area is 88.3 Å². The van der Waals surface area contributed by atoms with Gasteiger partial charge >= 0.3 is 0 Å². The number of hydrogen-bond acceptors (Lipinski definition) is 1. The molecule has 0 bridgehead atoms. The monoisotopic (exact) mass is 213 g/mol. The first-order valence-corrected chi connectivity index (χ1v) is 5.27. The summed E-state index contributed by atoms with van der Waals surface area (Å²) in [6.45, 7) is 2.11. The zero-order chi connectivity index (χ0) is 9.97. The molecule has 1 aliphatic heterocycles. The van der Waals surface area contributed by atoms with Crippen molar-refractivity contribution in [1.29, 1.82) is 0 Å². The van der Waals surface area contributed by atoms with Crippen LogP contribution in [0, 0.1) is 11.7 Å². The van der Waals surface area contributed by atoms with Crippen molar-refractivity contribution in [3.63, 3.8) is 0 Å². The lowest BCUT2D eigenvalue weighted by Gasteiger charge is -2.08. The normalized spacial score (nSPS) is 21.4. The van der Waals surface area contributed by atoms with Crippen molar-refractivity contribution in [3.05, 3.63) is 34.6 Å². The van der Waals surface area contributed by atoms with Crippen molar-refractivity contribution in [2.75, 3.05) is 13.1 Å². The van der Waals surface area contributed by atoms with Crippen LogP contribution in [0.15, 0.2) is 18.2 Å². The predicted molar refractivity (Wildman–Crippen MR) is 56.1 cm³/mol. The van der Waals surface area contributed by atoms with E-state index < -0.39 is 0 Å². The lowest BCUT2D eigenvalue weighted by atomic mass is 9.99. The minimum absolute atomic E-state index is 0.238. The van der Waals surface area contributed by atoms with Gasteiger partial charge in [0.2, 0.25) is 0 Å². The van der Waals surface area contributed by atoms with Gasteiger partial charge in [-0.05, 0) is 55.6 Å². The fraction of sp³-hybridized carbons (Fsp3) is 0.455. The molecule has 1 saturated heterocycles. The molecule has 1 nitrogen and oxygen atoms in total. The lowest BCUT2D eigenvalue weighted by molar-refractivity contribution is 0.573. The maximum Gasteiger partial charge on any atom is 0.124 e. The third kappa shape index (κ3) is 2.46. The first kappa shape index (κ1) is 9.94. The second-order valence-electron chi connectivity index (χ2n) is 3.84. The summed E-state index contributed by atoms with van der Waals surface area (Å²) >= 11 is 5.78. The van der Waals surface area contributed by atoms with Gasteiger partial charge in [-0.3, -0.25) is 0 Å². The molecule has 0 saturated carbocycles. The molecule has 1 N–H and O–H groups in total. The van der Waals surface area contributed by atoms with Crippen LogP contribution in [-0.2, 0) is 6.42 Å². The van der Waals surface area contributed by atoms with Gasteiger partial charge in [0.05, 0.1) is 0 Å². The van der Waals surface area contributed by atoms with Crippen LogP contribution in [0.1, 0.15) is 12.0 Å². The van der Waals surface area contributed by atoms with Crippen LogP contribution in [-0.4, -0.2) is 13.1 Å². The second-order valence-corrected chi connectivity index (χ2v) is 4.28. The zero-order valence-corrected chi connectivity index (χ0v) is 8.65. The van der Waals surface area contributed by atoms with E-state index in [1.807, 2.05) is 6.07 Å². The van der Waals surface area contributed by atoms with Crippen molar-refractivity contribution >= 4 is 11.6 Å². The van der Waals surface area contributed by atoms with E-state index in [1.165, 1.54) is 12.5 Å². The molecule has 3 heteroatoms. The molecule has 0 spiro atoms. The van der Waals surface area contributed by atoms with Gasteiger partial charge in [0.1, 0.15) is 5.82 Å². The summed E-state index contributed by atoms with van der Waals surface area (Å²) in [7, 11) is 0. The minimum Gasteiger partial charge on any atom is -0.316 e. The molecule has 1 aromatic carbocycles. The van der Waals surface area contributed by atoms with Crippen molar-refractivity contribution < 1.29 is 4.39 Å². The zero-order valence-electron chi connectivity index (χ0n) is 7.89. The Balaban J connectivity index is 2.07. The molecule has 76 valence electrons. The highest BCUT2D eigenvalue weighted by Gasteiger charge is 2.15. The molecule has 0 radical (unpaired) electrons. The van der Waals surface area contributed by atoms with Gasteiger partial charge in [0, 0.05) is 5.02 Å². The summed E-state index contributed by atoms with van der Waals surface area (Å²) in [5, 5.41) is 3.79. The average molecular weight is 214 g/mol. The molecule has 1 fully saturated rings. The van der Waals surface area contributed by atoms with Gasteiger partial charge in [-0.1, -0.05) is 11.6 Å². The highest BCUT2D eigenvalue weighted by Crippen LogP contribution is 2.19. The molecule has 0 amide bonds. The smallest absolute Gasteiger partial charge is 0.124 e. The minimum atomic E-state index is -0.238. The molecule has 14 heavy (non-hydrogen) atoms. The van der Waals surface area contributed by atoms with Crippen molar-refractivity contribution in [2.45, 2.75) is 12.8 Å². The summed E-state index contributed by atoms with van der Waals surface area (Å²) < 4.78 is 13.0. The summed E-state index contributed by atoms with van der Waals surface area (Å²) in [6, 6.07) is 4.77. The van der Waals surface area contributed by atoms with Gasteiger partial charge in [-0.25, -0.2) is 4.39 Å². The number of halogens is 2. The molecule has 0 aliphatic carbocycles. The van der Waals surface area contributed by atoms with E-state index in [9.17, 15) is 4.39 Å². The SMILES string of the molecule is Fc1cc(Cl)cc(CC2CCNC2)c1. The summed E-state index contributed by atoms with van der Waals surface area (Å²) in [5.41, 5.74) is 1.00. The summed E-state index contributed by atoms with van der Waals surface area (Å²) in [4.78, 5) is 0. The Morgan fingerprint density at radius 2 is 2.29 bits per heavy atom. The largest absolute Gasteiger partial charge is 0.316 e. The number of rotatable bonds is 2. The summed E-state index contributed by atoms with van der Waals surface area (Å²) in [6.07, 6.45) is 2.10. The van der Waals surface area contributed by atoms with Gasteiger partial charge in [0.25, 0.3) is 0 Å². The molecular formula is C11H13ClFN. The number of hydrogen-bond donors (Lipinski definition) is 1. The molecule has 1 heterocycles. The Morgan fingerprint density at radius 1 is 1.43 bits per heavy atom. The number of nitrogens with one attached hydrogen (secondary N) is 1. The van der Waals surface area contributed by atoms with Crippen LogP contribution >= 0.6 is 11.6 Å². The van der Waals surface area contributed by atoms with E-state index >= 15 is 0 Å². The van der Waals surface area contributed by atoms with Crippen molar-refractivity contribution in [2.24, 2.45) is 5.92 Å². The maximum atomic E-state index is 13.0. The standard InChI is InChI=1S/C11H13ClFN/c12-10-4-9(5-11(13)6-10)3-8-1-2-14-7-8/h4-6,8,14H,1-3,7H2. The summed E-state index contributed by atoms with van der Waals surface area (Å²) in [5.74, 6) is 0.395. The Kier molecular flexibility index (Phi) is 3.04. The average Bonchev–Trinajstić information content (AvgIpc) is 2.54. The molecule has 1 unspecified atom stereocenters. The lowest BCUT2D eigenvalue weighted by Crippen LogP contribution is -2.10. The first-order valence-electron chi connectivity index (χ1n) is 4.90. The fourth-order valence-electron chi connectivity index (χ4n) is 1.95. The third-order valence-corrected chi connectivity index (χ3v) is 2.83. The van der Waals surface area contributed by atoms with E-state index in [4.69, 9.17) is 11.6 Å². The van der Waals surface area contributed by atoms with Gasteiger partial charge in [-0.15, -0.1) is 0 Å². The Hall–Kier alpha value is -0.600. The molecule has 1 aromatic rings. The fourth-order valence-corrected chi connectivity index (χ4v) is 2.20. The van der Waals surface area contributed by atoms with E-state index in [2.05, 4.69) is 5.32 Å². The van der Waals surface area contributed by atoms with E-state index in [0.717, 1.165) is 25.1 Å². The van der Waals surface area contributed by atoms with Gasteiger partial charge < -0.3 is 5.32 Å². The molecular weight excluding hydrogens is 201 g/mol. The first-order chi connectivity index (χ1) is 6.74. The third-order valence-electron chi connectivity index (χ3n) is 2.61. The van der Waals surface area contributed by atoms with Gasteiger partial charge in [0.15, 0.2) is 0 Å². The maximum absolute atomic E-state index is 13.0. The van der Waals surface area contributed by atoms with Crippen LogP contribution in [0.25, 0.3) is 0 Å². The van der Waals surface area contributed by atoms with Crippen molar-refractivity contribution in [3.8, 4) is 0 Å². The Bertz CT molecular complexity index is 301. The molecule has 2 rings (SSSR count). The highest BCUT2D eigenvalue weighted by atomic mass is 35.5. The van der Waals surface area contributed by atoms with Crippen LogP contribution in [0.2, 0.25) is 5.02 Å². The second kappa shape index (κ2) is 4.28. The topological polar surface area (TPSA) is 12.0 Å².